The van der Waals surface area contributed by atoms with Crippen LogP contribution < -0.4 is 20.3 Å². The maximum atomic E-state index is 12.8. The molecule has 1 amide bonds. The van der Waals surface area contributed by atoms with Crippen LogP contribution in [0.3, 0.4) is 0 Å². The molecule has 4 rings (SSSR count). The third-order valence-corrected chi connectivity index (χ3v) is 7.83. The summed E-state index contributed by atoms with van der Waals surface area (Å²) in [4.78, 5) is 25.0. The first-order chi connectivity index (χ1) is 18.4. The van der Waals surface area contributed by atoms with Crippen LogP contribution in [0, 0.1) is 6.92 Å². The number of amides is 1. The SMILES string of the molecule is C=CC(=O)N1CCN(c2ccc(Nc3ncc(C)c(Nc4cccc(S(=O)(=O)NC(C)(C)C)c4)n3)cc2)CC1. The fraction of sp³-hybridized carbons (Fsp3) is 0.321. The number of sulfonamides is 1. The summed E-state index contributed by atoms with van der Waals surface area (Å²) < 4.78 is 28.2. The van der Waals surface area contributed by atoms with E-state index in [1.807, 2.05) is 31.2 Å². The molecule has 2 heterocycles. The summed E-state index contributed by atoms with van der Waals surface area (Å²) in [7, 11) is -3.67. The van der Waals surface area contributed by atoms with Crippen LogP contribution in [0.15, 0.2) is 72.3 Å². The molecule has 1 aliphatic rings. The third kappa shape index (κ3) is 7.33. The zero-order chi connectivity index (χ0) is 28.2. The number of carbonyl (C=O) groups is 1. The van der Waals surface area contributed by atoms with E-state index in [-0.39, 0.29) is 10.8 Å². The highest BCUT2D eigenvalue weighted by Crippen LogP contribution is 2.25. The van der Waals surface area contributed by atoms with Gasteiger partial charge in [-0.15, -0.1) is 0 Å². The van der Waals surface area contributed by atoms with Gasteiger partial charge in [-0.3, -0.25) is 4.79 Å². The molecule has 39 heavy (non-hydrogen) atoms. The average molecular weight is 550 g/mol. The second-order valence-corrected chi connectivity index (χ2v) is 12.1. The van der Waals surface area contributed by atoms with Crippen LogP contribution in [0.1, 0.15) is 26.3 Å². The maximum absolute atomic E-state index is 12.8. The number of aryl methyl sites for hydroxylation is 1. The lowest BCUT2D eigenvalue weighted by molar-refractivity contribution is -0.126. The molecule has 0 unspecified atom stereocenters. The first kappa shape index (κ1) is 28.1. The molecule has 10 nitrogen and oxygen atoms in total. The number of rotatable bonds is 8. The second-order valence-electron chi connectivity index (χ2n) is 10.4. The van der Waals surface area contributed by atoms with E-state index in [0.717, 1.165) is 30.0 Å². The Bertz CT molecular complexity index is 1440. The van der Waals surface area contributed by atoms with Crippen molar-refractivity contribution in [3.63, 3.8) is 0 Å². The molecule has 0 atom stereocenters. The van der Waals surface area contributed by atoms with Gasteiger partial charge in [-0.05, 0) is 76.2 Å². The standard InChI is InChI=1S/C28H35N7O3S/c1-6-25(36)35-16-14-34(15-17-35)23-12-10-21(11-13-23)31-27-29-19-20(2)26(32-27)30-22-8-7-9-24(18-22)39(37,38)33-28(3,4)5/h6-13,18-19,33H,1,14-17H2,2-5H3,(H2,29,30,31,32). The van der Waals surface area contributed by atoms with Crippen LogP contribution in [0.4, 0.5) is 28.8 Å². The third-order valence-electron chi connectivity index (χ3n) is 6.07. The lowest BCUT2D eigenvalue weighted by Crippen LogP contribution is -2.48. The number of hydrogen-bond acceptors (Lipinski definition) is 8. The molecule has 1 saturated heterocycles. The quantitative estimate of drug-likeness (QED) is 0.358. The Hall–Kier alpha value is -3.96. The summed E-state index contributed by atoms with van der Waals surface area (Å²) in [6.07, 6.45) is 3.06. The topological polar surface area (TPSA) is 120 Å². The molecule has 206 valence electrons. The van der Waals surface area contributed by atoms with Gasteiger partial charge < -0.3 is 20.4 Å². The van der Waals surface area contributed by atoms with Crippen LogP contribution in [0.5, 0.6) is 0 Å². The Morgan fingerprint density at radius 1 is 1.00 bits per heavy atom. The predicted octanol–water partition coefficient (Wildman–Crippen LogP) is 4.18. The van der Waals surface area contributed by atoms with Gasteiger partial charge >= 0.3 is 0 Å². The summed E-state index contributed by atoms with van der Waals surface area (Å²) in [5.74, 6) is 0.941. The van der Waals surface area contributed by atoms with Crippen LogP contribution in [0.2, 0.25) is 0 Å². The Morgan fingerprint density at radius 2 is 1.69 bits per heavy atom. The highest BCUT2D eigenvalue weighted by molar-refractivity contribution is 7.89. The van der Waals surface area contributed by atoms with Gasteiger partial charge in [0.25, 0.3) is 0 Å². The molecule has 2 aromatic carbocycles. The van der Waals surface area contributed by atoms with E-state index in [2.05, 4.69) is 36.8 Å². The van der Waals surface area contributed by atoms with E-state index in [0.29, 0.717) is 30.5 Å². The highest BCUT2D eigenvalue weighted by atomic mass is 32.2. The smallest absolute Gasteiger partial charge is 0.246 e. The van der Waals surface area contributed by atoms with Gasteiger partial charge in [-0.25, -0.2) is 18.1 Å². The Morgan fingerprint density at radius 3 is 2.33 bits per heavy atom. The number of benzene rings is 2. The normalized spacial score (nSPS) is 14.2. The molecule has 0 spiro atoms. The minimum atomic E-state index is -3.67. The molecule has 0 bridgehead atoms. The summed E-state index contributed by atoms with van der Waals surface area (Å²) in [6.45, 7) is 13.7. The van der Waals surface area contributed by atoms with Crippen molar-refractivity contribution in [2.24, 2.45) is 0 Å². The summed E-state index contributed by atoms with van der Waals surface area (Å²) in [5, 5.41) is 6.45. The largest absolute Gasteiger partial charge is 0.368 e. The molecule has 3 aromatic rings. The minimum absolute atomic E-state index is 0.0311. The van der Waals surface area contributed by atoms with E-state index in [4.69, 9.17) is 0 Å². The minimum Gasteiger partial charge on any atom is -0.368 e. The summed E-state index contributed by atoms with van der Waals surface area (Å²) in [6, 6.07) is 14.6. The average Bonchev–Trinajstić information content (AvgIpc) is 2.89. The van der Waals surface area contributed by atoms with Crippen LogP contribution in [-0.2, 0) is 14.8 Å². The van der Waals surface area contributed by atoms with Gasteiger partial charge in [-0.1, -0.05) is 12.6 Å². The van der Waals surface area contributed by atoms with Gasteiger partial charge in [0.15, 0.2) is 0 Å². The predicted molar refractivity (Wildman–Crippen MR) is 155 cm³/mol. The Kier molecular flexibility index (Phi) is 8.22. The van der Waals surface area contributed by atoms with Gasteiger partial charge in [0.1, 0.15) is 5.82 Å². The fourth-order valence-electron chi connectivity index (χ4n) is 4.17. The van der Waals surface area contributed by atoms with E-state index in [1.54, 1.807) is 56.1 Å². The first-order valence-corrected chi connectivity index (χ1v) is 14.2. The number of anilines is 5. The van der Waals surface area contributed by atoms with Crippen molar-refractivity contribution >= 4 is 44.8 Å². The van der Waals surface area contributed by atoms with Gasteiger partial charge in [0, 0.05) is 60.5 Å². The van der Waals surface area contributed by atoms with Crippen molar-refractivity contribution in [2.45, 2.75) is 38.1 Å². The monoisotopic (exact) mass is 549 g/mol. The summed E-state index contributed by atoms with van der Waals surface area (Å²) in [5.41, 5.74) is 2.72. The lowest BCUT2D eigenvalue weighted by atomic mass is 10.1. The fourth-order valence-corrected chi connectivity index (χ4v) is 5.63. The molecular formula is C28H35N7O3S. The number of nitrogens with one attached hydrogen (secondary N) is 3. The maximum Gasteiger partial charge on any atom is 0.246 e. The molecular weight excluding hydrogens is 514 g/mol. The van der Waals surface area contributed by atoms with Gasteiger partial charge in [-0.2, -0.15) is 4.98 Å². The number of nitrogens with zero attached hydrogens (tertiary/aromatic N) is 4. The highest BCUT2D eigenvalue weighted by Gasteiger charge is 2.22. The van der Waals surface area contributed by atoms with E-state index in [1.165, 1.54) is 6.08 Å². The molecule has 1 fully saturated rings. The van der Waals surface area contributed by atoms with Gasteiger partial charge in [0.2, 0.25) is 21.9 Å². The van der Waals surface area contributed by atoms with E-state index >= 15 is 0 Å². The van der Waals surface area contributed by atoms with Gasteiger partial charge in [0.05, 0.1) is 4.90 Å². The Balaban J connectivity index is 1.43. The van der Waals surface area contributed by atoms with E-state index in [9.17, 15) is 13.2 Å². The van der Waals surface area contributed by atoms with Crippen molar-refractivity contribution in [1.82, 2.24) is 19.6 Å². The molecule has 0 radical (unpaired) electrons. The van der Waals surface area contributed by atoms with Crippen molar-refractivity contribution in [2.75, 3.05) is 41.7 Å². The van der Waals surface area contributed by atoms with Crippen molar-refractivity contribution in [3.05, 3.63) is 72.9 Å². The summed E-state index contributed by atoms with van der Waals surface area (Å²) >= 11 is 0. The van der Waals surface area contributed by atoms with Crippen LogP contribution in [0.25, 0.3) is 0 Å². The van der Waals surface area contributed by atoms with Crippen molar-refractivity contribution in [3.8, 4) is 0 Å². The van der Waals surface area contributed by atoms with Crippen LogP contribution >= 0.6 is 0 Å². The van der Waals surface area contributed by atoms with E-state index < -0.39 is 15.6 Å². The number of hydrogen-bond donors (Lipinski definition) is 3. The number of piperazine rings is 1. The Labute approximate surface area is 230 Å². The number of carbonyl (C=O) groups excluding carboxylic acids is 1. The lowest BCUT2D eigenvalue weighted by Gasteiger charge is -2.35. The zero-order valence-corrected chi connectivity index (χ0v) is 23.5. The molecule has 1 aliphatic heterocycles. The molecule has 11 heteroatoms. The molecule has 1 aromatic heterocycles. The molecule has 0 saturated carbocycles. The first-order valence-electron chi connectivity index (χ1n) is 12.7. The number of aromatic nitrogens is 2. The van der Waals surface area contributed by atoms with Crippen molar-refractivity contribution < 1.29 is 13.2 Å². The molecule has 0 aliphatic carbocycles. The molecule has 3 N–H and O–H groups in total. The second kappa shape index (κ2) is 11.4. The zero-order valence-electron chi connectivity index (χ0n) is 22.7. The van der Waals surface area contributed by atoms with Crippen LogP contribution in [-0.4, -0.2) is 60.9 Å². The van der Waals surface area contributed by atoms with Crippen molar-refractivity contribution in [1.29, 1.82) is 0 Å².